The van der Waals surface area contributed by atoms with Gasteiger partial charge in [0.15, 0.2) is 0 Å². The molecule has 0 heterocycles. The zero-order valence-corrected chi connectivity index (χ0v) is 22.8. The second kappa shape index (κ2) is 7.73. The standard InChI is InChI=1S/C18H38O4Si4/c1-23(2,3)19-15-13-17(21-25(7,8)9)18(22-26(10,11)12)14-16(15)20-24(4,5)6/h13-14H,1-12H3. The third-order valence-corrected chi connectivity index (χ3v) is 6.00. The van der Waals surface area contributed by atoms with Crippen molar-refractivity contribution in [1.29, 1.82) is 0 Å². The predicted molar refractivity (Wildman–Crippen MR) is 122 cm³/mol. The van der Waals surface area contributed by atoms with Gasteiger partial charge < -0.3 is 17.7 Å². The molecule has 0 bridgehead atoms. The van der Waals surface area contributed by atoms with E-state index in [0.29, 0.717) is 0 Å². The van der Waals surface area contributed by atoms with E-state index in [4.69, 9.17) is 17.7 Å². The van der Waals surface area contributed by atoms with Gasteiger partial charge in [0.1, 0.15) is 23.0 Å². The van der Waals surface area contributed by atoms with Crippen LogP contribution in [0.5, 0.6) is 23.0 Å². The fraction of sp³-hybridized carbons (Fsp3) is 0.667. The Bertz CT molecular complexity index is 514. The highest BCUT2D eigenvalue weighted by molar-refractivity contribution is 6.72. The SMILES string of the molecule is C[Si](C)(C)Oc1cc(O[Si](C)(C)C)c(O[Si](C)(C)C)cc1O[Si](C)(C)C. The van der Waals surface area contributed by atoms with Gasteiger partial charge in [0.2, 0.25) is 33.3 Å². The van der Waals surface area contributed by atoms with Crippen molar-refractivity contribution >= 4 is 33.3 Å². The van der Waals surface area contributed by atoms with Crippen LogP contribution in [0.3, 0.4) is 0 Å². The average molecular weight is 431 g/mol. The van der Waals surface area contributed by atoms with Gasteiger partial charge in [-0.2, -0.15) is 0 Å². The Morgan fingerprint density at radius 2 is 0.538 bits per heavy atom. The first-order chi connectivity index (χ1) is 11.3. The summed E-state index contributed by atoms with van der Waals surface area (Å²) in [5.74, 6) is 3.12. The maximum atomic E-state index is 6.35. The molecule has 0 N–H and O–H groups in total. The van der Waals surface area contributed by atoms with Crippen molar-refractivity contribution < 1.29 is 17.7 Å². The van der Waals surface area contributed by atoms with E-state index in [1.807, 2.05) is 12.1 Å². The molecule has 0 unspecified atom stereocenters. The van der Waals surface area contributed by atoms with E-state index >= 15 is 0 Å². The number of hydrogen-bond acceptors (Lipinski definition) is 4. The third kappa shape index (κ3) is 9.29. The largest absolute Gasteiger partial charge is 0.542 e. The van der Waals surface area contributed by atoms with Gasteiger partial charge in [0, 0.05) is 12.1 Å². The molecule has 1 aromatic carbocycles. The van der Waals surface area contributed by atoms with Crippen molar-refractivity contribution in [3.8, 4) is 23.0 Å². The van der Waals surface area contributed by atoms with Crippen LogP contribution in [0.2, 0.25) is 78.6 Å². The lowest BCUT2D eigenvalue weighted by Gasteiger charge is -2.30. The zero-order valence-electron chi connectivity index (χ0n) is 18.8. The summed E-state index contributed by atoms with van der Waals surface area (Å²) >= 11 is 0. The highest BCUT2D eigenvalue weighted by atomic mass is 28.4. The Morgan fingerprint density at radius 1 is 0.385 bits per heavy atom. The number of benzene rings is 1. The van der Waals surface area contributed by atoms with Crippen LogP contribution in [0.1, 0.15) is 0 Å². The zero-order chi connectivity index (χ0) is 20.6. The molecule has 0 fully saturated rings. The molecule has 0 aromatic heterocycles. The van der Waals surface area contributed by atoms with Crippen LogP contribution in [0, 0.1) is 0 Å². The van der Waals surface area contributed by atoms with Crippen molar-refractivity contribution in [2.75, 3.05) is 0 Å². The normalized spacial score (nSPS) is 13.4. The van der Waals surface area contributed by atoms with Crippen LogP contribution in [0.4, 0.5) is 0 Å². The molecule has 0 amide bonds. The first-order valence-corrected chi connectivity index (χ1v) is 22.9. The fourth-order valence-electron chi connectivity index (χ4n) is 2.16. The van der Waals surface area contributed by atoms with E-state index in [1.165, 1.54) is 0 Å². The van der Waals surface area contributed by atoms with E-state index in [1.54, 1.807) is 0 Å². The lowest BCUT2D eigenvalue weighted by Crippen LogP contribution is -2.34. The van der Waals surface area contributed by atoms with Crippen LogP contribution in [0.25, 0.3) is 0 Å². The Hall–Kier alpha value is -0.712. The molecule has 0 radical (unpaired) electrons. The van der Waals surface area contributed by atoms with Gasteiger partial charge in [-0.25, -0.2) is 0 Å². The first-order valence-electron chi connectivity index (χ1n) is 9.29. The molecule has 0 saturated heterocycles. The third-order valence-electron chi connectivity index (χ3n) is 2.67. The molecule has 0 aliphatic heterocycles. The van der Waals surface area contributed by atoms with Crippen LogP contribution >= 0.6 is 0 Å². The molecular formula is C18H38O4Si4. The summed E-state index contributed by atoms with van der Waals surface area (Å²) in [6, 6.07) is 3.98. The topological polar surface area (TPSA) is 36.9 Å². The quantitative estimate of drug-likeness (QED) is 0.439. The van der Waals surface area contributed by atoms with Crippen LogP contribution in [0.15, 0.2) is 12.1 Å². The van der Waals surface area contributed by atoms with Crippen LogP contribution in [-0.4, -0.2) is 33.3 Å². The highest BCUT2D eigenvalue weighted by Gasteiger charge is 2.29. The van der Waals surface area contributed by atoms with Gasteiger partial charge >= 0.3 is 0 Å². The Labute approximate surface area is 164 Å². The molecule has 0 saturated carbocycles. The molecule has 150 valence electrons. The number of hydrogen-bond donors (Lipinski definition) is 0. The van der Waals surface area contributed by atoms with Gasteiger partial charge in [-0.15, -0.1) is 0 Å². The molecule has 4 nitrogen and oxygen atoms in total. The lowest BCUT2D eigenvalue weighted by molar-refractivity contribution is 0.458. The molecule has 0 atom stereocenters. The fourth-order valence-corrected chi connectivity index (χ4v) is 5.44. The van der Waals surface area contributed by atoms with E-state index in [9.17, 15) is 0 Å². The summed E-state index contributed by atoms with van der Waals surface area (Å²) in [6.07, 6.45) is 0. The molecule has 0 spiro atoms. The maximum absolute atomic E-state index is 6.35. The highest BCUT2D eigenvalue weighted by Crippen LogP contribution is 2.43. The molecule has 8 heteroatoms. The van der Waals surface area contributed by atoms with Crippen molar-refractivity contribution in [2.24, 2.45) is 0 Å². The molecule has 26 heavy (non-hydrogen) atoms. The second-order valence-electron chi connectivity index (χ2n) is 10.6. The van der Waals surface area contributed by atoms with Crippen molar-refractivity contribution in [3.63, 3.8) is 0 Å². The minimum atomic E-state index is -1.79. The van der Waals surface area contributed by atoms with Crippen molar-refractivity contribution in [1.82, 2.24) is 0 Å². The molecule has 0 aliphatic carbocycles. The minimum Gasteiger partial charge on any atom is -0.542 e. The minimum absolute atomic E-state index is 0.780. The Kier molecular flexibility index (Phi) is 6.93. The van der Waals surface area contributed by atoms with Crippen molar-refractivity contribution in [3.05, 3.63) is 12.1 Å². The summed E-state index contributed by atoms with van der Waals surface area (Å²) in [6.45, 7) is 26.1. The van der Waals surface area contributed by atoms with Gasteiger partial charge in [-0.05, 0) is 78.6 Å². The molecular weight excluding hydrogens is 393 g/mol. The number of rotatable bonds is 8. The summed E-state index contributed by atoms with van der Waals surface area (Å²) in [5, 5.41) is 0. The smallest absolute Gasteiger partial charge is 0.242 e. The van der Waals surface area contributed by atoms with E-state index in [-0.39, 0.29) is 0 Å². The van der Waals surface area contributed by atoms with Crippen LogP contribution < -0.4 is 17.7 Å². The van der Waals surface area contributed by atoms with Gasteiger partial charge in [-0.3, -0.25) is 0 Å². The molecule has 1 aromatic rings. The van der Waals surface area contributed by atoms with E-state index < -0.39 is 33.3 Å². The van der Waals surface area contributed by atoms with E-state index in [0.717, 1.165) is 23.0 Å². The maximum Gasteiger partial charge on any atom is 0.242 e. The summed E-state index contributed by atoms with van der Waals surface area (Å²) < 4.78 is 25.4. The summed E-state index contributed by atoms with van der Waals surface area (Å²) in [7, 11) is -7.17. The summed E-state index contributed by atoms with van der Waals surface area (Å²) in [4.78, 5) is 0. The van der Waals surface area contributed by atoms with Gasteiger partial charge in [-0.1, -0.05) is 0 Å². The Morgan fingerprint density at radius 3 is 0.654 bits per heavy atom. The summed E-state index contributed by atoms with van der Waals surface area (Å²) in [5.41, 5.74) is 0. The van der Waals surface area contributed by atoms with Gasteiger partial charge in [0.05, 0.1) is 0 Å². The average Bonchev–Trinajstić information content (AvgIpc) is 2.26. The predicted octanol–water partition coefficient (Wildman–Crippen LogP) is 6.54. The second-order valence-corrected chi connectivity index (χ2v) is 28.3. The monoisotopic (exact) mass is 430 g/mol. The van der Waals surface area contributed by atoms with E-state index in [2.05, 4.69) is 78.6 Å². The lowest BCUT2D eigenvalue weighted by atomic mass is 10.3. The first kappa shape index (κ1) is 23.3. The Balaban J connectivity index is 3.53. The molecule has 1 rings (SSSR count). The molecule has 0 aliphatic rings. The van der Waals surface area contributed by atoms with Crippen LogP contribution in [-0.2, 0) is 0 Å². The van der Waals surface area contributed by atoms with Crippen molar-refractivity contribution in [2.45, 2.75) is 78.6 Å². The van der Waals surface area contributed by atoms with Gasteiger partial charge in [0.25, 0.3) is 0 Å².